The Morgan fingerprint density at radius 3 is 1.91 bits per heavy atom. The van der Waals surface area contributed by atoms with Gasteiger partial charge in [-0.25, -0.2) is 16.8 Å². The maximum atomic E-state index is 14.5. The third kappa shape index (κ3) is 13.1. The van der Waals surface area contributed by atoms with Crippen molar-refractivity contribution in [2.75, 3.05) is 99.6 Å². The van der Waals surface area contributed by atoms with Gasteiger partial charge in [0.05, 0.1) is 34.8 Å². The number of aryl methyl sites for hydroxylation is 4. The van der Waals surface area contributed by atoms with Gasteiger partial charge in [-0.2, -0.15) is 0 Å². The van der Waals surface area contributed by atoms with Gasteiger partial charge < -0.3 is 29.2 Å². The summed E-state index contributed by atoms with van der Waals surface area (Å²) in [6, 6.07) is 30.5. The van der Waals surface area contributed by atoms with Crippen LogP contribution in [-0.2, 0) is 50.5 Å². The molecule has 3 saturated heterocycles. The first-order valence-corrected chi connectivity index (χ1v) is 29.6. The SMILES string of the molecule is C=CCN(c1ccc(CCC)cc1)S(=O)(=O)c1ccc(CCCc2cccc(N3CCN(C(=O)c4cc(S(=O)(=O)Nc5ccc(CCN6CCCC6)cc5)ccc4C)CC3)c2OC)c(C(=O)N2CCN(C(C)=O)CC2)c1. The van der Waals surface area contributed by atoms with Gasteiger partial charge in [0.1, 0.15) is 5.75 Å². The van der Waals surface area contributed by atoms with Gasteiger partial charge in [-0.3, -0.25) is 23.4 Å². The quantitative estimate of drug-likeness (QED) is 0.0710. The average molecular weight is 1070 g/mol. The molecule has 76 heavy (non-hydrogen) atoms. The highest BCUT2D eigenvalue weighted by atomic mass is 32.2. The molecule has 3 aliphatic heterocycles. The molecule has 8 rings (SSSR count). The molecule has 1 N–H and O–H groups in total. The van der Waals surface area contributed by atoms with E-state index in [4.69, 9.17) is 4.74 Å². The van der Waals surface area contributed by atoms with Gasteiger partial charge >= 0.3 is 0 Å². The molecule has 17 heteroatoms. The summed E-state index contributed by atoms with van der Waals surface area (Å²) in [5.41, 5.74) is 7.14. The Morgan fingerprint density at radius 2 is 1.26 bits per heavy atom. The van der Waals surface area contributed by atoms with Crippen LogP contribution in [0.25, 0.3) is 0 Å². The van der Waals surface area contributed by atoms with Crippen LogP contribution >= 0.6 is 0 Å². The number of sulfonamides is 2. The molecule has 0 aliphatic carbocycles. The first-order chi connectivity index (χ1) is 36.6. The predicted molar refractivity (Wildman–Crippen MR) is 301 cm³/mol. The van der Waals surface area contributed by atoms with Crippen LogP contribution in [0.5, 0.6) is 5.75 Å². The van der Waals surface area contributed by atoms with E-state index < -0.39 is 20.0 Å². The molecule has 5 aromatic carbocycles. The number of anilines is 3. The Morgan fingerprint density at radius 1 is 0.671 bits per heavy atom. The fourth-order valence-corrected chi connectivity index (χ4v) is 13.1. The highest BCUT2D eigenvalue weighted by molar-refractivity contribution is 7.93. The minimum atomic E-state index is -4.13. The Kier molecular flexibility index (Phi) is 18.3. The number of carbonyl (C=O) groups is 3. The molecule has 0 aromatic heterocycles. The third-order valence-electron chi connectivity index (χ3n) is 14.9. The van der Waals surface area contributed by atoms with E-state index in [1.54, 1.807) is 70.4 Å². The van der Waals surface area contributed by atoms with E-state index >= 15 is 0 Å². The number of para-hydroxylation sites is 1. The van der Waals surface area contributed by atoms with Crippen LogP contribution < -0.4 is 18.7 Å². The molecular weight excluding hydrogens is 999 g/mol. The van der Waals surface area contributed by atoms with Crippen molar-refractivity contribution in [3.8, 4) is 5.75 Å². The number of benzene rings is 5. The molecule has 3 fully saturated rings. The molecule has 0 unspecified atom stereocenters. The van der Waals surface area contributed by atoms with Crippen LogP contribution in [0.3, 0.4) is 0 Å². The summed E-state index contributed by atoms with van der Waals surface area (Å²) in [6.45, 7) is 15.9. The number of hydrogen-bond donors (Lipinski definition) is 1. The van der Waals surface area contributed by atoms with Gasteiger partial charge in [0.25, 0.3) is 31.9 Å². The predicted octanol–water partition coefficient (Wildman–Crippen LogP) is 8.22. The Labute approximate surface area is 450 Å². The molecule has 0 bridgehead atoms. The van der Waals surface area contributed by atoms with E-state index in [1.807, 2.05) is 49.4 Å². The fourth-order valence-electron chi connectivity index (χ4n) is 10.5. The van der Waals surface area contributed by atoms with Crippen molar-refractivity contribution in [3.05, 3.63) is 155 Å². The lowest BCUT2D eigenvalue weighted by atomic mass is 9.98. The molecule has 0 atom stereocenters. The van der Waals surface area contributed by atoms with Crippen molar-refractivity contribution in [1.29, 1.82) is 0 Å². The second-order valence-electron chi connectivity index (χ2n) is 20.0. The van der Waals surface area contributed by atoms with Crippen molar-refractivity contribution < 1.29 is 36.0 Å². The van der Waals surface area contributed by atoms with Gasteiger partial charge in [-0.15, -0.1) is 6.58 Å². The number of ether oxygens (including phenoxy) is 1. The van der Waals surface area contributed by atoms with Gasteiger partial charge in [0.2, 0.25) is 5.91 Å². The number of amides is 3. The topological polar surface area (TPSA) is 160 Å². The van der Waals surface area contributed by atoms with Crippen LogP contribution in [0.15, 0.2) is 126 Å². The lowest BCUT2D eigenvalue weighted by Crippen LogP contribution is -2.50. The number of likely N-dealkylation sites (tertiary alicyclic amines) is 1. The number of carbonyl (C=O) groups excluding carboxylic acids is 3. The summed E-state index contributed by atoms with van der Waals surface area (Å²) in [7, 11) is -6.46. The molecule has 0 spiro atoms. The van der Waals surface area contributed by atoms with Crippen LogP contribution in [0.1, 0.15) is 88.1 Å². The van der Waals surface area contributed by atoms with E-state index in [0.29, 0.717) is 105 Å². The van der Waals surface area contributed by atoms with E-state index in [0.717, 1.165) is 66.8 Å². The largest absolute Gasteiger partial charge is 0.494 e. The summed E-state index contributed by atoms with van der Waals surface area (Å²) in [4.78, 5) is 50.5. The highest BCUT2D eigenvalue weighted by Crippen LogP contribution is 2.35. The molecule has 0 saturated carbocycles. The summed E-state index contributed by atoms with van der Waals surface area (Å²) in [5, 5.41) is 0. The first-order valence-electron chi connectivity index (χ1n) is 26.6. The second-order valence-corrected chi connectivity index (χ2v) is 23.6. The van der Waals surface area contributed by atoms with Crippen molar-refractivity contribution in [2.24, 2.45) is 0 Å². The van der Waals surface area contributed by atoms with Gasteiger partial charge in [0.15, 0.2) is 0 Å². The molecule has 404 valence electrons. The molecular formula is C59H73N7O8S2. The molecule has 15 nitrogen and oxygen atoms in total. The van der Waals surface area contributed by atoms with Crippen molar-refractivity contribution >= 4 is 54.8 Å². The Hall–Kier alpha value is -6.69. The first kappa shape index (κ1) is 55.5. The summed E-state index contributed by atoms with van der Waals surface area (Å²) in [5.74, 6) is 0.147. The Balaban J connectivity index is 0.931. The third-order valence-corrected chi connectivity index (χ3v) is 18.1. The van der Waals surface area contributed by atoms with Crippen LogP contribution in [0, 0.1) is 6.92 Å². The van der Waals surface area contributed by atoms with Crippen molar-refractivity contribution in [1.82, 2.24) is 19.6 Å². The summed E-state index contributed by atoms with van der Waals surface area (Å²) >= 11 is 0. The molecule has 3 heterocycles. The van der Waals surface area contributed by atoms with Crippen LogP contribution in [0.2, 0.25) is 0 Å². The van der Waals surface area contributed by atoms with Crippen LogP contribution in [-0.4, -0.2) is 140 Å². The van der Waals surface area contributed by atoms with E-state index in [-0.39, 0.29) is 34.1 Å². The number of rotatable bonds is 21. The maximum Gasteiger partial charge on any atom is 0.264 e. The lowest BCUT2D eigenvalue weighted by Gasteiger charge is -2.37. The zero-order valence-electron chi connectivity index (χ0n) is 44.5. The minimum Gasteiger partial charge on any atom is -0.494 e. The minimum absolute atomic E-state index is 0.00179. The van der Waals surface area contributed by atoms with E-state index in [2.05, 4.69) is 28.0 Å². The number of hydrogen-bond acceptors (Lipinski definition) is 10. The molecule has 3 aliphatic rings. The molecule has 3 amide bonds. The van der Waals surface area contributed by atoms with E-state index in [1.165, 1.54) is 42.3 Å². The molecule has 5 aromatic rings. The number of nitrogens with zero attached hydrogens (tertiary/aromatic N) is 6. The summed E-state index contributed by atoms with van der Waals surface area (Å²) < 4.78 is 66.3. The van der Waals surface area contributed by atoms with Gasteiger partial charge in [-0.1, -0.05) is 68.0 Å². The van der Waals surface area contributed by atoms with Crippen molar-refractivity contribution in [3.63, 3.8) is 0 Å². The standard InChI is InChI=1S/C59H73N7O8S2/c1-6-12-46-20-25-51(26-21-46)66(30-7-2)76(72,73)53-28-22-48(55(43-53)59(69)65-38-34-62(35-39-65)45(4)67)13-10-14-49-15-11-16-56(57(49)74-5)63-36-40-64(41-37-63)58(68)54-42-52(27-17-44(54)3)75(70,71)60-50-23-18-47(19-24-50)29-33-61-31-8-9-32-61/h7,11,15-28,42-43,60H,2,6,8-10,12-14,29-41H2,1,3-5H3. The fraction of sp³-hybridized carbons (Fsp3) is 0.407. The zero-order valence-corrected chi connectivity index (χ0v) is 46.1. The lowest BCUT2D eigenvalue weighted by molar-refractivity contribution is -0.130. The van der Waals surface area contributed by atoms with Gasteiger partial charge in [0, 0.05) is 82.6 Å². The second kappa shape index (κ2) is 25.0. The van der Waals surface area contributed by atoms with Gasteiger partial charge in [-0.05, 0) is 147 Å². The van der Waals surface area contributed by atoms with Crippen LogP contribution in [0.4, 0.5) is 17.1 Å². The summed E-state index contributed by atoms with van der Waals surface area (Å²) in [6.07, 6.45) is 8.48. The van der Waals surface area contributed by atoms with Crippen molar-refractivity contribution in [2.45, 2.75) is 81.9 Å². The molecule has 0 radical (unpaired) electrons. The highest BCUT2D eigenvalue weighted by Gasteiger charge is 2.31. The number of nitrogens with one attached hydrogen (secondary N) is 1. The monoisotopic (exact) mass is 1070 g/mol. The average Bonchev–Trinajstić information content (AvgIpc) is 3.98. The normalized spacial score (nSPS) is 15.4. The number of methoxy groups -OCH3 is 1. The Bertz CT molecular complexity index is 3090. The number of piperazine rings is 2. The maximum absolute atomic E-state index is 14.5. The smallest absolute Gasteiger partial charge is 0.264 e. The zero-order chi connectivity index (χ0) is 54.0. The van der Waals surface area contributed by atoms with E-state index in [9.17, 15) is 31.2 Å².